The summed E-state index contributed by atoms with van der Waals surface area (Å²) < 4.78 is 0. The smallest absolute Gasteiger partial charge is 0.259 e. The zero-order valence-electron chi connectivity index (χ0n) is 11.9. The Hall–Kier alpha value is -2.75. The summed E-state index contributed by atoms with van der Waals surface area (Å²) in [5.41, 5.74) is 4.01. The summed E-state index contributed by atoms with van der Waals surface area (Å²) in [6.45, 7) is 3.79. The van der Waals surface area contributed by atoms with Gasteiger partial charge in [-0.1, -0.05) is 29.8 Å². The van der Waals surface area contributed by atoms with Gasteiger partial charge in [0.1, 0.15) is 5.82 Å². The lowest BCUT2D eigenvalue weighted by molar-refractivity contribution is 1.03. The standard InChI is InChI=1S/C17H15N3O/c1-11-4-3-5-14(10-11)15-16(13-6-8-18-9-7-13)19-12(2)20-17(15)21/h3-10H,1-2H3,(H,19,20,21). The average molecular weight is 277 g/mol. The molecule has 0 amide bonds. The van der Waals surface area contributed by atoms with Crippen molar-refractivity contribution in [2.45, 2.75) is 13.8 Å². The summed E-state index contributed by atoms with van der Waals surface area (Å²) in [5.74, 6) is 0.600. The zero-order valence-corrected chi connectivity index (χ0v) is 11.9. The molecule has 1 N–H and O–H groups in total. The molecule has 0 bridgehead atoms. The number of hydrogen-bond acceptors (Lipinski definition) is 3. The summed E-state index contributed by atoms with van der Waals surface area (Å²) in [5, 5.41) is 0. The molecule has 104 valence electrons. The van der Waals surface area contributed by atoms with E-state index in [9.17, 15) is 4.79 Å². The van der Waals surface area contributed by atoms with E-state index in [1.807, 2.05) is 43.3 Å². The molecule has 1 aromatic carbocycles. The number of H-pyrrole nitrogens is 1. The summed E-state index contributed by atoms with van der Waals surface area (Å²) in [6.07, 6.45) is 3.40. The van der Waals surface area contributed by atoms with E-state index in [2.05, 4.69) is 15.0 Å². The van der Waals surface area contributed by atoms with Crippen LogP contribution in [0.25, 0.3) is 22.4 Å². The van der Waals surface area contributed by atoms with Crippen LogP contribution in [-0.4, -0.2) is 15.0 Å². The number of rotatable bonds is 2. The Morgan fingerprint density at radius 1 is 1.00 bits per heavy atom. The summed E-state index contributed by atoms with van der Waals surface area (Å²) >= 11 is 0. The van der Waals surface area contributed by atoms with E-state index in [0.717, 1.165) is 16.7 Å². The van der Waals surface area contributed by atoms with E-state index >= 15 is 0 Å². The van der Waals surface area contributed by atoms with Gasteiger partial charge >= 0.3 is 0 Å². The van der Waals surface area contributed by atoms with Crippen LogP contribution in [0.4, 0.5) is 0 Å². The first-order chi connectivity index (χ1) is 10.1. The minimum absolute atomic E-state index is 0.125. The lowest BCUT2D eigenvalue weighted by Crippen LogP contribution is -2.14. The van der Waals surface area contributed by atoms with Crippen LogP contribution < -0.4 is 5.56 Å². The number of nitrogens with zero attached hydrogens (tertiary/aromatic N) is 2. The molecule has 21 heavy (non-hydrogen) atoms. The largest absolute Gasteiger partial charge is 0.310 e. The highest BCUT2D eigenvalue weighted by Crippen LogP contribution is 2.27. The molecular weight excluding hydrogens is 262 g/mol. The van der Waals surface area contributed by atoms with E-state index in [0.29, 0.717) is 17.1 Å². The van der Waals surface area contributed by atoms with E-state index in [1.165, 1.54) is 0 Å². The van der Waals surface area contributed by atoms with Crippen molar-refractivity contribution < 1.29 is 0 Å². The molecule has 0 atom stereocenters. The third-order valence-corrected chi connectivity index (χ3v) is 3.30. The molecule has 2 heterocycles. The molecular formula is C17H15N3O. The van der Waals surface area contributed by atoms with Gasteiger partial charge in [-0.3, -0.25) is 9.78 Å². The predicted molar refractivity (Wildman–Crippen MR) is 83.0 cm³/mol. The van der Waals surface area contributed by atoms with E-state index in [1.54, 1.807) is 19.3 Å². The van der Waals surface area contributed by atoms with Crippen molar-refractivity contribution in [3.63, 3.8) is 0 Å². The van der Waals surface area contributed by atoms with Crippen LogP contribution in [0, 0.1) is 13.8 Å². The van der Waals surface area contributed by atoms with Crippen molar-refractivity contribution in [1.82, 2.24) is 15.0 Å². The summed E-state index contributed by atoms with van der Waals surface area (Å²) in [6, 6.07) is 11.6. The first kappa shape index (κ1) is 13.2. The third-order valence-electron chi connectivity index (χ3n) is 3.30. The molecule has 4 heteroatoms. The minimum atomic E-state index is -0.125. The highest BCUT2D eigenvalue weighted by atomic mass is 16.1. The number of hydrogen-bond donors (Lipinski definition) is 1. The van der Waals surface area contributed by atoms with Crippen LogP contribution >= 0.6 is 0 Å². The molecule has 0 saturated carbocycles. The Bertz CT molecular complexity index is 838. The van der Waals surface area contributed by atoms with Crippen LogP contribution in [-0.2, 0) is 0 Å². The maximum absolute atomic E-state index is 12.4. The Labute approximate surface area is 122 Å². The minimum Gasteiger partial charge on any atom is -0.310 e. The van der Waals surface area contributed by atoms with Crippen LogP contribution in [0.5, 0.6) is 0 Å². The van der Waals surface area contributed by atoms with Gasteiger partial charge < -0.3 is 4.98 Å². The van der Waals surface area contributed by atoms with Gasteiger partial charge in [0.05, 0.1) is 11.3 Å². The number of benzene rings is 1. The second kappa shape index (κ2) is 5.32. The molecule has 0 aliphatic rings. The van der Waals surface area contributed by atoms with E-state index < -0.39 is 0 Å². The average Bonchev–Trinajstić information content (AvgIpc) is 2.47. The van der Waals surface area contributed by atoms with Crippen molar-refractivity contribution >= 4 is 0 Å². The third kappa shape index (κ3) is 2.60. The van der Waals surface area contributed by atoms with Gasteiger partial charge in [-0.25, -0.2) is 4.98 Å². The number of nitrogens with one attached hydrogen (secondary N) is 1. The second-order valence-corrected chi connectivity index (χ2v) is 4.98. The number of pyridine rings is 1. The molecule has 4 nitrogen and oxygen atoms in total. The fraction of sp³-hybridized carbons (Fsp3) is 0.118. The molecule has 0 aliphatic carbocycles. The van der Waals surface area contributed by atoms with Crippen LogP contribution in [0.15, 0.2) is 53.6 Å². The highest BCUT2D eigenvalue weighted by Gasteiger charge is 2.14. The van der Waals surface area contributed by atoms with E-state index in [4.69, 9.17) is 0 Å². The fourth-order valence-electron chi connectivity index (χ4n) is 2.37. The lowest BCUT2D eigenvalue weighted by Gasteiger charge is -2.10. The highest BCUT2D eigenvalue weighted by molar-refractivity contribution is 5.80. The van der Waals surface area contributed by atoms with Gasteiger partial charge in [0.15, 0.2) is 0 Å². The van der Waals surface area contributed by atoms with Gasteiger partial charge in [-0.2, -0.15) is 0 Å². The topological polar surface area (TPSA) is 58.6 Å². The van der Waals surface area contributed by atoms with Gasteiger partial charge in [-0.15, -0.1) is 0 Å². The van der Waals surface area contributed by atoms with Crippen molar-refractivity contribution in [2.75, 3.05) is 0 Å². The molecule has 0 unspecified atom stereocenters. The van der Waals surface area contributed by atoms with Crippen LogP contribution in [0.1, 0.15) is 11.4 Å². The molecule has 2 aromatic heterocycles. The monoisotopic (exact) mass is 277 g/mol. The zero-order chi connectivity index (χ0) is 14.8. The van der Waals surface area contributed by atoms with Crippen molar-refractivity contribution in [3.05, 3.63) is 70.5 Å². The molecule has 3 rings (SSSR count). The maximum atomic E-state index is 12.4. The molecule has 0 fully saturated rings. The number of aromatic nitrogens is 3. The Balaban J connectivity index is 2.32. The molecule has 0 radical (unpaired) electrons. The quantitative estimate of drug-likeness (QED) is 0.783. The summed E-state index contributed by atoms with van der Waals surface area (Å²) in [4.78, 5) is 23.8. The Kier molecular flexibility index (Phi) is 3.36. The predicted octanol–water partition coefficient (Wildman–Crippen LogP) is 3.12. The van der Waals surface area contributed by atoms with Gasteiger partial charge in [-0.05, 0) is 31.5 Å². The van der Waals surface area contributed by atoms with Crippen LogP contribution in [0.2, 0.25) is 0 Å². The molecule has 0 saturated heterocycles. The summed E-state index contributed by atoms with van der Waals surface area (Å²) in [7, 11) is 0. The molecule has 3 aromatic rings. The van der Waals surface area contributed by atoms with Gasteiger partial charge in [0.2, 0.25) is 0 Å². The Morgan fingerprint density at radius 2 is 1.76 bits per heavy atom. The first-order valence-electron chi connectivity index (χ1n) is 6.73. The normalized spacial score (nSPS) is 10.6. The van der Waals surface area contributed by atoms with Gasteiger partial charge in [0, 0.05) is 18.0 Å². The Morgan fingerprint density at radius 3 is 2.48 bits per heavy atom. The van der Waals surface area contributed by atoms with Crippen molar-refractivity contribution in [3.8, 4) is 22.4 Å². The van der Waals surface area contributed by atoms with Crippen molar-refractivity contribution in [2.24, 2.45) is 0 Å². The SMILES string of the molecule is Cc1cccc(-c2c(-c3ccncc3)nc(C)[nH]c2=O)c1. The number of aromatic amines is 1. The molecule has 0 spiro atoms. The van der Waals surface area contributed by atoms with Gasteiger partial charge in [0.25, 0.3) is 5.56 Å². The first-order valence-corrected chi connectivity index (χ1v) is 6.73. The maximum Gasteiger partial charge on any atom is 0.259 e. The van der Waals surface area contributed by atoms with Crippen molar-refractivity contribution in [1.29, 1.82) is 0 Å². The fourth-order valence-corrected chi connectivity index (χ4v) is 2.37. The number of aryl methyl sites for hydroxylation is 2. The van der Waals surface area contributed by atoms with Crippen LogP contribution in [0.3, 0.4) is 0 Å². The lowest BCUT2D eigenvalue weighted by atomic mass is 10.00. The molecule has 0 aliphatic heterocycles. The van der Waals surface area contributed by atoms with E-state index in [-0.39, 0.29) is 5.56 Å². The second-order valence-electron chi connectivity index (χ2n) is 4.98.